The maximum Gasteiger partial charge on any atom is 0.0448 e. The van der Waals surface area contributed by atoms with Gasteiger partial charge in [-0.3, -0.25) is 0 Å². The molecule has 0 heterocycles. The number of benzene rings is 1. The second-order valence-corrected chi connectivity index (χ2v) is 6.18. The fourth-order valence-corrected chi connectivity index (χ4v) is 2.82. The van der Waals surface area contributed by atoms with E-state index >= 15 is 0 Å². The molecule has 0 radical (unpaired) electrons. The average Bonchev–Trinajstić information content (AvgIpc) is 2.13. The van der Waals surface area contributed by atoms with Crippen LogP contribution < -0.4 is 5.73 Å². The van der Waals surface area contributed by atoms with Crippen molar-refractivity contribution in [3.8, 4) is 0 Å². The summed E-state index contributed by atoms with van der Waals surface area (Å²) < 4.78 is 0. The highest BCUT2D eigenvalue weighted by Crippen LogP contribution is 2.35. The Morgan fingerprint density at radius 1 is 1.27 bits per heavy atom. The maximum atomic E-state index is 6.00. The van der Waals surface area contributed by atoms with Crippen molar-refractivity contribution in [3.63, 3.8) is 0 Å². The largest absolute Gasteiger partial charge is 0.327 e. The van der Waals surface area contributed by atoms with Gasteiger partial charge in [-0.2, -0.15) is 0 Å². The molecule has 0 amide bonds. The molecule has 0 aliphatic rings. The minimum Gasteiger partial charge on any atom is -0.327 e. The minimum absolute atomic E-state index is 0.135. The summed E-state index contributed by atoms with van der Waals surface area (Å²) in [6.45, 7) is 6.41. The van der Waals surface area contributed by atoms with E-state index in [9.17, 15) is 0 Å². The molecule has 1 nitrogen and oxygen atoms in total. The van der Waals surface area contributed by atoms with Gasteiger partial charge in [-0.1, -0.05) is 37.6 Å². The van der Waals surface area contributed by atoms with Gasteiger partial charge in [0.2, 0.25) is 0 Å². The maximum absolute atomic E-state index is 6.00. The predicted molar refractivity (Wildman–Crippen MR) is 70.6 cm³/mol. The van der Waals surface area contributed by atoms with Crippen LogP contribution in [-0.2, 0) is 0 Å². The van der Waals surface area contributed by atoms with E-state index in [-0.39, 0.29) is 6.04 Å². The Morgan fingerprint density at radius 2 is 1.93 bits per heavy atom. The SMILES string of the molecule is CC(C)SC(c1cccc(Cl)c1)C(C)N. The van der Waals surface area contributed by atoms with Crippen molar-refractivity contribution >= 4 is 23.4 Å². The summed E-state index contributed by atoms with van der Waals surface area (Å²) in [4.78, 5) is 0. The lowest BCUT2D eigenvalue weighted by Gasteiger charge is -2.22. The number of rotatable bonds is 4. The van der Waals surface area contributed by atoms with Crippen LogP contribution in [0.15, 0.2) is 24.3 Å². The van der Waals surface area contributed by atoms with E-state index in [0.717, 1.165) is 5.02 Å². The van der Waals surface area contributed by atoms with Crippen molar-refractivity contribution < 1.29 is 0 Å². The molecule has 0 aromatic heterocycles. The summed E-state index contributed by atoms with van der Waals surface area (Å²) in [6, 6.07) is 8.10. The van der Waals surface area contributed by atoms with Crippen LogP contribution in [0.4, 0.5) is 0 Å². The number of thioether (sulfide) groups is 1. The molecule has 0 bridgehead atoms. The van der Waals surface area contributed by atoms with Crippen LogP contribution in [-0.4, -0.2) is 11.3 Å². The quantitative estimate of drug-likeness (QED) is 0.869. The van der Waals surface area contributed by atoms with Crippen LogP contribution in [0.2, 0.25) is 5.02 Å². The number of halogens is 1. The second kappa shape index (κ2) is 5.78. The standard InChI is InChI=1S/C12H18ClNS/c1-8(2)15-12(9(3)14)10-5-4-6-11(13)7-10/h4-9,12H,14H2,1-3H3. The van der Waals surface area contributed by atoms with Crippen molar-refractivity contribution in [1.29, 1.82) is 0 Å². The molecule has 2 unspecified atom stereocenters. The number of nitrogens with two attached hydrogens (primary N) is 1. The molecule has 0 saturated carbocycles. The van der Waals surface area contributed by atoms with Crippen molar-refractivity contribution in [2.75, 3.05) is 0 Å². The molecule has 0 saturated heterocycles. The fourth-order valence-electron chi connectivity index (χ4n) is 1.48. The molecule has 84 valence electrons. The van der Waals surface area contributed by atoms with Crippen LogP contribution in [0, 0.1) is 0 Å². The molecule has 3 heteroatoms. The lowest BCUT2D eigenvalue weighted by Crippen LogP contribution is -2.23. The van der Waals surface area contributed by atoms with Crippen LogP contribution in [0.3, 0.4) is 0 Å². The third kappa shape index (κ3) is 4.06. The summed E-state index contributed by atoms with van der Waals surface area (Å²) in [5.74, 6) is 0. The van der Waals surface area contributed by atoms with Crippen LogP contribution >= 0.6 is 23.4 Å². The zero-order valence-electron chi connectivity index (χ0n) is 9.41. The summed E-state index contributed by atoms with van der Waals surface area (Å²) in [5, 5.41) is 1.67. The number of hydrogen-bond acceptors (Lipinski definition) is 2. The lowest BCUT2D eigenvalue weighted by atomic mass is 10.1. The molecule has 2 N–H and O–H groups in total. The van der Waals surface area contributed by atoms with Gasteiger partial charge in [0.15, 0.2) is 0 Å². The van der Waals surface area contributed by atoms with Crippen molar-refractivity contribution in [1.82, 2.24) is 0 Å². The van der Waals surface area contributed by atoms with E-state index in [4.69, 9.17) is 17.3 Å². The van der Waals surface area contributed by atoms with E-state index in [1.165, 1.54) is 5.56 Å². The molecule has 0 aliphatic carbocycles. The third-order valence-corrected chi connectivity index (χ3v) is 3.85. The highest BCUT2D eigenvalue weighted by Gasteiger charge is 2.18. The summed E-state index contributed by atoms with van der Waals surface area (Å²) in [6.07, 6.45) is 0. The van der Waals surface area contributed by atoms with Gasteiger partial charge < -0.3 is 5.73 Å². The van der Waals surface area contributed by atoms with Gasteiger partial charge in [0.25, 0.3) is 0 Å². The first-order valence-electron chi connectivity index (χ1n) is 5.17. The zero-order chi connectivity index (χ0) is 11.4. The molecule has 15 heavy (non-hydrogen) atoms. The van der Waals surface area contributed by atoms with E-state index in [1.807, 2.05) is 36.9 Å². The van der Waals surface area contributed by atoms with Gasteiger partial charge >= 0.3 is 0 Å². The van der Waals surface area contributed by atoms with E-state index in [0.29, 0.717) is 10.5 Å². The molecular weight excluding hydrogens is 226 g/mol. The first-order chi connectivity index (χ1) is 7.00. The Hall–Kier alpha value is -0.180. The Balaban J connectivity index is 2.88. The van der Waals surface area contributed by atoms with Crippen LogP contribution in [0.25, 0.3) is 0 Å². The molecule has 0 spiro atoms. The molecule has 1 aromatic rings. The Bertz CT molecular complexity index is 312. The fraction of sp³-hybridized carbons (Fsp3) is 0.500. The lowest BCUT2D eigenvalue weighted by molar-refractivity contribution is 0.718. The van der Waals surface area contributed by atoms with Crippen LogP contribution in [0.1, 0.15) is 31.6 Å². The molecule has 0 fully saturated rings. The topological polar surface area (TPSA) is 26.0 Å². The van der Waals surface area contributed by atoms with Gasteiger partial charge in [0.1, 0.15) is 0 Å². The third-order valence-electron chi connectivity index (χ3n) is 2.07. The van der Waals surface area contributed by atoms with Gasteiger partial charge in [0.05, 0.1) is 0 Å². The molecule has 1 aromatic carbocycles. The second-order valence-electron chi connectivity index (χ2n) is 4.02. The Morgan fingerprint density at radius 3 is 2.40 bits per heavy atom. The smallest absolute Gasteiger partial charge is 0.0448 e. The molecule has 1 rings (SSSR count). The summed E-state index contributed by atoms with van der Waals surface area (Å²) >= 11 is 7.87. The zero-order valence-corrected chi connectivity index (χ0v) is 11.0. The summed E-state index contributed by atoms with van der Waals surface area (Å²) in [7, 11) is 0. The normalized spacial score (nSPS) is 15.3. The molecule has 2 atom stereocenters. The average molecular weight is 244 g/mol. The van der Waals surface area contributed by atoms with E-state index < -0.39 is 0 Å². The van der Waals surface area contributed by atoms with Gasteiger partial charge in [-0.15, -0.1) is 11.8 Å². The Kier molecular flexibility index (Phi) is 4.97. The first-order valence-corrected chi connectivity index (χ1v) is 6.49. The van der Waals surface area contributed by atoms with Gasteiger partial charge in [0, 0.05) is 16.3 Å². The number of hydrogen-bond donors (Lipinski definition) is 1. The highest BCUT2D eigenvalue weighted by atomic mass is 35.5. The molecule has 0 aliphatic heterocycles. The van der Waals surface area contributed by atoms with Crippen molar-refractivity contribution in [2.45, 2.75) is 37.3 Å². The van der Waals surface area contributed by atoms with E-state index in [1.54, 1.807) is 0 Å². The Labute approximate surface area is 101 Å². The van der Waals surface area contributed by atoms with Crippen molar-refractivity contribution in [2.24, 2.45) is 5.73 Å². The summed E-state index contributed by atoms with van der Waals surface area (Å²) in [5.41, 5.74) is 7.22. The van der Waals surface area contributed by atoms with E-state index in [2.05, 4.69) is 19.9 Å². The van der Waals surface area contributed by atoms with Gasteiger partial charge in [-0.25, -0.2) is 0 Å². The van der Waals surface area contributed by atoms with Crippen molar-refractivity contribution in [3.05, 3.63) is 34.9 Å². The minimum atomic E-state index is 0.135. The van der Waals surface area contributed by atoms with Gasteiger partial charge in [-0.05, 0) is 29.9 Å². The highest BCUT2D eigenvalue weighted by molar-refractivity contribution is 8.00. The molecular formula is C12H18ClNS. The van der Waals surface area contributed by atoms with Crippen LogP contribution in [0.5, 0.6) is 0 Å². The first kappa shape index (κ1) is 12.9. The predicted octanol–water partition coefficient (Wildman–Crippen LogP) is 3.87. The monoisotopic (exact) mass is 243 g/mol.